The standard InChI is InChI=1S/C50H47ClN8O17/c1-18(53-2)44(67)58-40-42(65)21-6-10-31(27(51)12-21)76-33-14-22-13-32(43(33)66)75-24-7-3-19(4-8-24)41(64)39-49(72)57-38(50(73)74)26-15-23(60)16-30(62)35(26)25-11-20(5-9-29(25)61)36(46(69)59-39)56-47(70)37(22)55-45(68)28(17-34(52)63)54-48(40)71/h3-16,18,28,36-42,53,60-62,64-66H,17H2,1-2H3,(H2,52,63)(H,54,71)(H,55,68)(H,56,70)(H,57,72)(H,58,67)(H,59,69)(H,73,74)/t18-,28+,36-,37-,38+,39+,40-,41-,42-/m1/s1. The first-order valence-corrected chi connectivity index (χ1v) is 23.3. The molecule has 25 nitrogen and oxygen atoms in total. The van der Waals surface area contributed by atoms with Crippen molar-refractivity contribution in [2.24, 2.45) is 5.73 Å². The lowest BCUT2D eigenvalue weighted by Gasteiger charge is -2.31. The Labute approximate surface area is 434 Å². The number of phenolic OH excluding ortho intramolecular Hbond substituents is 4. The van der Waals surface area contributed by atoms with Crippen LogP contribution in [0.2, 0.25) is 5.02 Å². The van der Waals surface area contributed by atoms with Crippen molar-refractivity contribution in [1.29, 1.82) is 0 Å². The summed E-state index contributed by atoms with van der Waals surface area (Å²) in [6.07, 6.45) is -4.91. The molecule has 26 heteroatoms. The summed E-state index contributed by atoms with van der Waals surface area (Å²) in [4.78, 5) is 112. The van der Waals surface area contributed by atoms with E-state index in [4.69, 9.17) is 26.8 Å². The van der Waals surface area contributed by atoms with Gasteiger partial charge in [0.15, 0.2) is 17.5 Å². The Bertz CT molecular complexity index is 3230. The number of benzene rings is 5. The minimum Gasteiger partial charge on any atom is -0.508 e. The monoisotopic (exact) mass is 1070 g/mol. The summed E-state index contributed by atoms with van der Waals surface area (Å²) < 4.78 is 12.2. The largest absolute Gasteiger partial charge is 0.508 e. The van der Waals surface area contributed by atoms with E-state index in [0.29, 0.717) is 0 Å². The molecule has 5 heterocycles. The lowest BCUT2D eigenvalue weighted by molar-refractivity contribution is -0.143. The summed E-state index contributed by atoms with van der Waals surface area (Å²) in [5, 5.41) is 95.6. The first-order valence-electron chi connectivity index (χ1n) is 22.9. The number of halogens is 1. The van der Waals surface area contributed by atoms with Gasteiger partial charge in [0.05, 0.1) is 17.5 Å². The molecule has 16 N–H and O–H groups in total. The number of carboxylic acid groups (broad SMARTS) is 1. The van der Waals surface area contributed by atoms with Crippen LogP contribution in [-0.4, -0.2) is 114 Å². The van der Waals surface area contributed by atoms with E-state index in [-0.39, 0.29) is 38.8 Å². The fraction of sp³-hybridized carbons (Fsp3) is 0.240. The molecule has 0 saturated carbocycles. The molecule has 5 aromatic carbocycles. The smallest absolute Gasteiger partial charge is 0.330 e. The molecule has 5 aromatic rings. The van der Waals surface area contributed by atoms with Gasteiger partial charge in [-0.1, -0.05) is 35.9 Å². The number of hydrogen-bond acceptors (Lipinski definition) is 17. The number of phenols is 4. The molecule has 11 bridgehead atoms. The van der Waals surface area contributed by atoms with E-state index in [1.54, 1.807) is 0 Å². The minimum absolute atomic E-state index is 0.0634. The van der Waals surface area contributed by atoms with Gasteiger partial charge >= 0.3 is 5.97 Å². The van der Waals surface area contributed by atoms with Crippen LogP contribution < -0.4 is 52.4 Å². The third kappa shape index (κ3) is 10.7. The highest BCUT2D eigenvalue weighted by Crippen LogP contribution is 2.47. The van der Waals surface area contributed by atoms with E-state index < -0.39 is 159 Å². The number of fused-ring (bicyclic) bond motifs is 15. The van der Waals surface area contributed by atoms with Crippen molar-refractivity contribution in [1.82, 2.24) is 37.2 Å². The second kappa shape index (κ2) is 21.4. The van der Waals surface area contributed by atoms with Crippen molar-refractivity contribution in [3.63, 3.8) is 0 Å². The van der Waals surface area contributed by atoms with Crippen LogP contribution in [0.1, 0.15) is 71.5 Å². The summed E-state index contributed by atoms with van der Waals surface area (Å²) in [5.74, 6) is -14.4. The molecule has 0 unspecified atom stereocenters. The molecule has 9 atom stereocenters. The van der Waals surface area contributed by atoms with Crippen molar-refractivity contribution < 1.29 is 83.6 Å². The molecule has 76 heavy (non-hydrogen) atoms. The zero-order valence-electron chi connectivity index (χ0n) is 39.7. The molecule has 0 radical (unpaired) electrons. The highest BCUT2D eigenvalue weighted by Gasteiger charge is 2.41. The van der Waals surface area contributed by atoms with E-state index in [0.717, 1.165) is 42.5 Å². The zero-order chi connectivity index (χ0) is 55.0. The molecule has 5 aliphatic rings. The van der Waals surface area contributed by atoms with Crippen LogP contribution in [-0.2, 0) is 38.4 Å². The quantitative estimate of drug-likeness (QED) is 0.111. The number of amides is 7. The number of carbonyl (C=O) groups excluding carboxylic acids is 7. The average molecular weight is 1070 g/mol. The molecule has 5 aliphatic heterocycles. The Morgan fingerprint density at radius 1 is 0.671 bits per heavy atom. The van der Waals surface area contributed by atoms with Crippen molar-refractivity contribution >= 4 is 58.9 Å². The number of aliphatic carboxylic acids is 1. The van der Waals surface area contributed by atoms with Crippen LogP contribution in [0, 0.1) is 0 Å². The first-order chi connectivity index (χ1) is 36.0. The Hall–Kier alpha value is -9.17. The molecule has 0 saturated heterocycles. The van der Waals surface area contributed by atoms with Crippen molar-refractivity contribution in [3.8, 4) is 57.1 Å². The summed E-state index contributed by atoms with van der Waals surface area (Å²) in [6.45, 7) is 1.44. The van der Waals surface area contributed by atoms with Gasteiger partial charge in [0.1, 0.15) is 71.2 Å². The van der Waals surface area contributed by atoms with E-state index in [9.17, 15) is 69.3 Å². The Balaban J connectivity index is 1.36. The summed E-state index contributed by atoms with van der Waals surface area (Å²) in [6, 6.07) is 2.42. The predicted molar refractivity (Wildman–Crippen MR) is 261 cm³/mol. The molecule has 0 aliphatic carbocycles. The van der Waals surface area contributed by atoms with Gasteiger partial charge in [-0.25, -0.2) is 4.79 Å². The number of nitrogens with two attached hydrogens (primary N) is 1. The van der Waals surface area contributed by atoms with Gasteiger partial charge < -0.3 is 88.2 Å². The maximum absolute atomic E-state index is 15.3. The number of rotatable bonds is 6. The fourth-order valence-electron chi connectivity index (χ4n) is 8.63. The highest BCUT2D eigenvalue weighted by molar-refractivity contribution is 6.32. The molecule has 0 fully saturated rings. The number of hydrogen-bond donors (Lipinski definition) is 15. The third-order valence-electron chi connectivity index (χ3n) is 12.7. The maximum Gasteiger partial charge on any atom is 0.330 e. The summed E-state index contributed by atoms with van der Waals surface area (Å²) >= 11 is 6.69. The van der Waals surface area contributed by atoms with Gasteiger partial charge in [0.2, 0.25) is 47.1 Å². The van der Waals surface area contributed by atoms with Crippen LogP contribution in [0.4, 0.5) is 0 Å². The number of likely N-dealkylation sites (N-methyl/N-ethyl adjacent to an activating group) is 1. The van der Waals surface area contributed by atoms with Gasteiger partial charge in [-0.05, 0) is 90.8 Å². The number of aliphatic hydroxyl groups is 2. The molecule has 7 amide bonds. The third-order valence-corrected chi connectivity index (χ3v) is 13.0. The Kier molecular flexibility index (Phi) is 14.9. The minimum atomic E-state index is -2.14. The van der Waals surface area contributed by atoms with E-state index in [1.165, 1.54) is 56.4 Å². The number of carboxylic acids is 1. The lowest BCUT2D eigenvalue weighted by atomic mass is 9.89. The highest BCUT2D eigenvalue weighted by atomic mass is 35.5. The van der Waals surface area contributed by atoms with Crippen LogP contribution in [0.5, 0.6) is 46.0 Å². The fourth-order valence-corrected chi connectivity index (χ4v) is 8.85. The number of ether oxygens (including phenoxy) is 2. The van der Waals surface area contributed by atoms with Crippen molar-refractivity contribution in [2.75, 3.05) is 7.05 Å². The Morgan fingerprint density at radius 3 is 1.96 bits per heavy atom. The zero-order valence-corrected chi connectivity index (χ0v) is 40.4. The number of carbonyl (C=O) groups is 8. The number of aliphatic hydroxyl groups excluding tert-OH is 2. The van der Waals surface area contributed by atoms with Gasteiger partial charge in [0.25, 0.3) is 0 Å². The normalized spacial score (nSPS) is 22.9. The van der Waals surface area contributed by atoms with Crippen LogP contribution >= 0.6 is 11.6 Å². The number of nitrogens with one attached hydrogen (secondary N) is 7. The van der Waals surface area contributed by atoms with Gasteiger partial charge in [-0.3, -0.25) is 33.6 Å². The van der Waals surface area contributed by atoms with Crippen molar-refractivity contribution in [2.45, 2.75) is 67.8 Å². The Morgan fingerprint density at radius 2 is 1.30 bits per heavy atom. The van der Waals surface area contributed by atoms with E-state index in [2.05, 4.69) is 37.2 Å². The van der Waals surface area contributed by atoms with E-state index >= 15 is 4.79 Å². The summed E-state index contributed by atoms with van der Waals surface area (Å²) in [7, 11) is 1.44. The van der Waals surface area contributed by atoms with Gasteiger partial charge in [-0.15, -0.1) is 0 Å². The van der Waals surface area contributed by atoms with E-state index in [1.807, 2.05) is 0 Å². The maximum atomic E-state index is 15.3. The second-order valence-electron chi connectivity index (χ2n) is 17.8. The van der Waals surface area contributed by atoms with Crippen LogP contribution in [0.3, 0.4) is 0 Å². The van der Waals surface area contributed by atoms with Crippen LogP contribution in [0.25, 0.3) is 11.1 Å². The second-order valence-corrected chi connectivity index (χ2v) is 18.2. The predicted octanol–water partition coefficient (Wildman–Crippen LogP) is 0.716. The molecule has 396 valence electrons. The molecular formula is C50H47ClN8O17. The van der Waals surface area contributed by atoms with Gasteiger partial charge in [0, 0.05) is 22.8 Å². The molecular weight excluding hydrogens is 1020 g/mol. The average Bonchev–Trinajstić information content (AvgIpc) is 3.37. The first kappa shape index (κ1) is 53.1. The lowest BCUT2D eigenvalue weighted by Crippen LogP contribution is -2.58. The summed E-state index contributed by atoms with van der Waals surface area (Å²) in [5.41, 5.74) is 3.49. The van der Waals surface area contributed by atoms with Crippen molar-refractivity contribution in [3.05, 3.63) is 118 Å². The topological polar surface area (TPSA) is 407 Å². The molecule has 10 rings (SSSR count). The molecule has 0 aromatic heterocycles. The SMILES string of the molecule is CN[C@H](C)C(=O)N[C@H]1C(=O)N[C@@H](CC(N)=O)C(=O)N[C@H]2C(=O)N[C@H]3C(=O)N[C@H](C(=O)N[C@H](C(=O)O)c4cc(O)cc(O)c4-c4cc3ccc4O)[C@H](O)c3ccc(cc3)Oc3cc2cc(c3O)Oc2ccc(cc2Cl)[C@H]1O. The number of aromatic hydroxyl groups is 4. The van der Waals surface area contributed by atoms with Gasteiger partial charge in [-0.2, -0.15) is 0 Å². The molecule has 0 spiro atoms. The van der Waals surface area contributed by atoms with Crippen LogP contribution in [0.15, 0.2) is 84.9 Å². The number of primary amides is 1.